The normalized spacial score (nSPS) is 13.8. The van der Waals surface area contributed by atoms with E-state index in [2.05, 4.69) is 5.32 Å². The van der Waals surface area contributed by atoms with Gasteiger partial charge in [-0.05, 0) is 35.9 Å². The van der Waals surface area contributed by atoms with Gasteiger partial charge in [-0.2, -0.15) is 0 Å². The maximum Gasteiger partial charge on any atom is 0.257 e. The summed E-state index contributed by atoms with van der Waals surface area (Å²) in [5.41, 5.74) is 1.66. The van der Waals surface area contributed by atoms with Gasteiger partial charge in [-0.3, -0.25) is 9.59 Å². The third-order valence-corrected chi connectivity index (χ3v) is 3.80. The van der Waals surface area contributed by atoms with E-state index in [0.29, 0.717) is 35.7 Å². The number of fused-ring (bicyclic) bond motifs is 1. The van der Waals surface area contributed by atoms with Gasteiger partial charge < -0.3 is 15.0 Å². The number of hydrogen-bond donors (Lipinski definition) is 1. The van der Waals surface area contributed by atoms with Crippen LogP contribution in [0, 0.1) is 5.82 Å². The molecule has 2 aromatic carbocycles. The van der Waals surface area contributed by atoms with E-state index in [1.807, 2.05) is 0 Å². The molecule has 1 aliphatic rings. The SMILES string of the molecule is CN1CCOc2ccc(NC(=O)Cc3ccc(F)cc3)cc2C1=O. The van der Waals surface area contributed by atoms with Gasteiger partial charge in [0.2, 0.25) is 5.91 Å². The van der Waals surface area contributed by atoms with Crippen molar-refractivity contribution in [3.05, 3.63) is 59.4 Å². The molecule has 1 aliphatic heterocycles. The monoisotopic (exact) mass is 328 g/mol. The number of carbonyl (C=O) groups excluding carboxylic acids is 2. The van der Waals surface area contributed by atoms with Gasteiger partial charge in [-0.25, -0.2) is 4.39 Å². The highest BCUT2D eigenvalue weighted by molar-refractivity contribution is 5.99. The first-order valence-corrected chi connectivity index (χ1v) is 7.59. The Morgan fingerprint density at radius 2 is 2.00 bits per heavy atom. The second-order valence-electron chi connectivity index (χ2n) is 5.64. The summed E-state index contributed by atoms with van der Waals surface area (Å²) in [6, 6.07) is 10.8. The molecule has 0 bridgehead atoms. The minimum Gasteiger partial charge on any atom is -0.491 e. The maximum atomic E-state index is 12.9. The lowest BCUT2D eigenvalue weighted by molar-refractivity contribution is -0.115. The molecular formula is C18H17FN2O3. The fraction of sp³-hybridized carbons (Fsp3) is 0.222. The predicted molar refractivity (Wildman–Crippen MR) is 87.6 cm³/mol. The number of carbonyl (C=O) groups is 2. The number of nitrogens with one attached hydrogen (secondary N) is 1. The van der Waals surface area contributed by atoms with Crippen LogP contribution in [0.1, 0.15) is 15.9 Å². The van der Waals surface area contributed by atoms with E-state index in [4.69, 9.17) is 4.74 Å². The predicted octanol–water partition coefficient (Wildman–Crippen LogP) is 2.47. The van der Waals surface area contributed by atoms with Crippen molar-refractivity contribution >= 4 is 17.5 Å². The summed E-state index contributed by atoms with van der Waals surface area (Å²) in [6.45, 7) is 0.950. The van der Waals surface area contributed by atoms with Crippen molar-refractivity contribution in [2.75, 3.05) is 25.5 Å². The number of nitrogens with zero attached hydrogens (tertiary/aromatic N) is 1. The molecule has 1 heterocycles. The zero-order valence-corrected chi connectivity index (χ0v) is 13.2. The number of likely N-dealkylation sites (N-methyl/N-ethyl adjacent to an activating group) is 1. The lowest BCUT2D eigenvalue weighted by Crippen LogP contribution is -2.27. The van der Waals surface area contributed by atoms with E-state index in [1.54, 1.807) is 42.3 Å². The molecule has 3 rings (SSSR count). The van der Waals surface area contributed by atoms with E-state index in [0.717, 1.165) is 0 Å². The topological polar surface area (TPSA) is 58.6 Å². The standard InChI is InChI=1S/C18H17FN2O3/c1-21-8-9-24-16-7-6-14(11-15(16)18(21)23)20-17(22)10-12-2-4-13(19)5-3-12/h2-7,11H,8-10H2,1H3,(H,20,22). The molecule has 0 radical (unpaired) electrons. The molecule has 2 amide bonds. The molecule has 0 spiro atoms. The maximum absolute atomic E-state index is 12.9. The number of amides is 2. The van der Waals surface area contributed by atoms with Crippen LogP contribution >= 0.6 is 0 Å². The van der Waals surface area contributed by atoms with Gasteiger partial charge in [-0.1, -0.05) is 12.1 Å². The first kappa shape index (κ1) is 16.0. The third-order valence-electron chi connectivity index (χ3n) is 3.80. The highest BCUT2D eigenvalue weighted by Crippen LogP contribution is 2.26. The van der Waals surface area contributed by atoms with Crippen LogP contribution in [-0.2, 0) is 11.2 Å². The van der Waals surface area contributed by atoms with Gasteiger partial charge >= 0.3 is 0 Å². The quantitative estimate of drug-likeness (QED) is 0.942. The summed E-state index contributed by atoms with van der Waals surface area (Å²) in [5.74, 6) is -0.206. The zero-order valence-electron chi connectivity index (χ0n) is 13.2. The van der Waals surface area contributed by atoms with Crippen LogP contribution in [0.2, 0.25) is 0 Å². The van der Waals surface area contributed by atoms with Crippen molar-refractivity contribution in [3.8, 4) is 5.75 Å². The first-order chi connectivity index (χ1) is 11.5. The van der Waals surface area contributed by atoms with Crippen LogP contribution in [-0.4, -0.2) is 36.9 Å². The number of ether oxygens (including phenoxy) is 1. The summed E-state index contributed by atoms with van der Waals surface area (Å²) in [5, 5.41) is 2.75. The highest BCUT2D eigenvalue weighted by Gasteiger charge is 2.21. The average molecular weight is 328 g/mol. The van der Waals surface area contributed by atoms with E-state index >= 15 is 0 Å². The second-order valence-corrected chi connectivity index (χ2v) is 5.64. The Morgan fingerprint density at radius 3 is 2.75 bits per heavy atom. The summed E-state index contributed by atoms with van der Waals surface area (Å²) in [6.07, 6.45) is 0.127. The molecule has 6 heteroatoms. The van der Waals surface area contributed by atoms with Crippen molar-refractivity contribution < 1.29 is 18.7 Å². The molecule has 2 aromatic rings. The number of rotatable bonds is 3. The minimum absolute atomic E-state index is 0.127. The Bertz CT molecular complexity index is 774. The van der Waals surface area contributed by atoms with Crippen molar-refractivity contribution in [2.45, 2.75) is 6.42 Å². The molecule has 1 N–H and O–H groups in total. The number of benzene rings is 2. The molecule has 0 unspecified atom stereocenters. The smallest absolute Gasteiger partial charge is 0.257 e. The van der Waals surface area contributed by atoms with Gasteiger partial charge in [0.15, 0.2) is 0 Å². The van der Waals surface area contributed by atoms with E-state index in [-0.39, 0.29) is 24.1 Å². The van der Waals surface area contributed by atoms with Gasteiger partial charge in [0.25, 0.3) is 5.91 Å². The van der Waals surface area contributed by atoms with Gasteiger partial charge in [0, 0.05) is 12.7 Å². The number of hydrogen-bond acceptors (Lipinski definition) is 3. The minimum atomic E-state index is -0.340. The van der Waals surface area contributed by atoms with Crippen LogP contribution < -0.4 is 10.1 Å². The van der Waals surface area contributed by atoms with Crippen molar-refractivity contribution in [3.63, 3.8) is 0 Å². The van der Waals surface area contributed by atoms with E-state index in [1.165, 1.54) is 12.1 Å². The lowest BCUT2D eigenvalue weighted by atomic mass is 10.1. The highest BCUT2D eigenvalue weighted by atomic mass is 19.1. The number of halogens is 1. The molecule has 24 heavy (non-hydrogen) atoms. The van der Waals surface area contributed by atoms with Crippen LogP contribution in [0.4, 0.5) is 10.1 Å². The Hall–Kier alpha value is -2.89. The largest absolute Gasteiger partial charge is 0.491 e. The summed E-state index contributed by atoms with van der Waals surface area (Å²) < 4.78 is 18.4. The molecular weight excluding hydrogens is 311 g/mol. The Morgan fingerprint density at radius 1 is 1.25 bits per heavy atom. The summed E-state index contributed by atoms with van der Waals surface area (Å²) in [7, 11) is 1.71. The molecule has 0 fully saturated rings. The number of anilines is 1. The summed E-state index contributed by atoms with van der Waals surface area (Å²) >= 11 is 0. The van der Waals surface area contributed by atoms with Crippen molar-refractivity contribution in [1.29, 1.82) is 0 Å². The Kier molecular flexibility index (Phi) is 4.46. The van der Waals surface area contributed by atoms with Gasteiger partial charge in [-0.15, -0.1) is 0 Å². The third kappa shape index (κ3) is 3.53. The molecule has 0 saturated heterocycles. The first-order valence-electron chi connectivity index (χ1n) is 7.59. The molecule has 0 atom stereocenters. The van der Waals surface area contributed by atoms with Crippen molar-refractivity contribution in [2.24, 2.45) is 0 Å². The Labute approximate surface area is 139 Å². The van der Waals surface area contributed by atoms with Gasteiger partial charge in [0.05, 0.1) is 18.5 Å². The lowest BCUT2D eigenvalue weighted by Gasteiger charge is -2.13. The molecule has 0 aliphatic carbocycles. The zero-order chi connectivity index (χ0) is 17.1. The molecule has 124 valence electrons. The van der Waals surface area contributed by atoms with E-state index in [9.17, 15) is 14.0 Å². The van der Waals surface area contributed by atoms with Crippen LogP contribution in [0.15, 0.2) is 42.5 Å². The average Bonchev–Trinajstić information content (AvgIpc) is 2.70. The fourth-order valence-corrected chi connectivity index (χ4v) is 2.49. The fourth-order valence-electron chi connectivity index (χ4n) is 2.49. The van der Waals surface area contributed by atoms with Crippen LogP contribution in [0.25, 0.3) is 0 Å². The molecule has 0 aromatic heterocycles. The van der Waals surface area contributed by atoms with Crippen LogP contribution in [0.3, 0.4) is 0 Å². The van der Waals surface area contributed by atoms with Gasteiger partial charge in [0.1, 0.15) is 18.2 Å². The van der Waals surface area contributed by atoms with Crippen LogP contribution in [0.5, 0.6) is 5.75 Å². The Balaban J connectivity index is 1.73. The van der Waals surface area contributed by atoms with E-state index < -0.39 is 0 Å². The van der Waals surface area contributed by atoms with Crippen molar-refractivity contribution in [1.82, 2.24) is 4.90 Å². The second kappa shape index (κ2) is 6.70. The molecule has 0 saturated carbocycles. The summed E-state index contributed by atoms with van der Waals surface area (Å²) in [4.78, 5) is 26.0. The molecule has 5 nitrogen and oxygen atoms in total.